The highest BCUT2D eigenvalue weighted by Gasteiger charge is 2.34. The Morgan fingerprint density at radius 3 is 3.17 bits per heavy atom. The lowest BCUT2D eigenvalue weighted by Gasteiger charge is -2.32. The van der Waals surface area contributed by atoms with Crippen LogP contribution in [0.2, 0.25) is 0 Å². The van der Waals surface area contributed by atoms with Gasteiger partial charge in [-0.25, -0.2) is 9.10 Å². The molecule has 2 rings (SSSR count). The molecule has 6 heteroatoms. The molecule has 0 aliphatic carbocycles. The molecule has 0 radical (unpaired) electrons. The molecule has 0 spiro atoms. The van der Waals surface area contributed by atoms with Crippen molar-refractivity contribution in [1.29, 1.82) is 0 Å². The van der Waals surface area contributed by atoms with Gasteiger partial charge in [0.05, 0.1) is 24.9 Å². The van der Waals surface area contributed by atoms with E-state index in [1.54, 1.807) is 0 Å². The van der Waals surface area contributed by atoms with Crippen molar-refractivity contribution in [3.8, 4) is 0 Å². The number of fused-ring (bicyclic) bond motifs is 1. The van der Waals surface area contributed by atoms with Gasteiger partial charge < -0.3 is 10.0 Å². The summed E-state index contributed by atoms with van der Waals surface area (Å²) in [6, 6.07) is 0.250. The second-order valence-electron chi connectivity index (χ2n) is 2.88. The van der Waals surface area contributed by atoms with Crippen LogP contribution >= 0.6 is 12.2 Å². The van der Waals surface area contributed by atoms with Crippen molar-refractivity contribution in [1.82, 2.24) is 9.21 Å². The SMILES string of the molecule is O=C(O)N1CCN2SOCC2C1. The lowest BCUT2D eigenvalue weighted by atomic mass is 10.2. The van der Waals surface area contributed by atoms with E-state index in [4.69, 9.17) is 9.29 Å². The number of hydrogen-bond donors (Lipinski definition) is 1. The average Bonchev–Trinajstić information content (AvgIpc) is 2.49. The topological polar surface area (TPSA) is 53.0 Å². The van der Waals surface area contributed by atoms with E-state index in [0.29, 0.717) is 19.7 Å². The summed E-state index contributed by atoms with van der Waals surface area (Å²) >= 11 is 1.35. The molecule has 0 aromatic rings. The number of amides is 1. The van der Waals surface area contributed by atoms with Crippen molar-refractivity contribution >= 4 is 18.3 Å². The van der Waals surface area contributed by atoms with Crippen LogP contribution in [-0.4, -0.2) is 52.7 Å². The first-order chi connectivity index (χ1) is 5.77. The van der Waals surface area contributed by atoms with Gasteiger partial charge in [0.1, 0.15) is 0 Å². The molecule has 2 aliphatic rings. The molecule has 2 fully saturated rings. The van der Waals surface area contributed by atoms with Crippen molar-refractivity contribution < 1.29 is 14.1 Å². The zero-order valence-electron chi connectivity index (χ0n) is 6.47. The van der Waals surface area contributed by atoms with E-state index in [0.717, 1.165) is 6.54 Å². The summed E-state index contributed by atoms with van der Waals surface area (Å²) in [6.45, 7) is 2.56. The summed E-state index contributed by atoms with van der Waals surface area (Å²) in [4.78, 5) is 12.0. The van der Waals surface area contributed by atoms with Crippen LogP contribution < -0.4 is 0 Å². The van der Waals surface area contributed by atoms with Crippen LogP contribution in [0.15, 0.2) is 0 Å². The summed E-state index contributed by atoms with van der Waals surface area (Å²) in [7, 11) is 0. The fraction of sp³-hybridized carbons (Fsp3) is 0.833. The van der Waals surface area contributed by atoms with Crippen LogP contribution in [0, 0.1) is 0 Å². The molecular formula is C6H10N2O3S. The van der Waals surface area contributed by atoms with Gasteiger partial charge in [-0.1, -0.05) is 0 Å². The van der Waals surface area contributed by atoms with Crippen LogP contribution in [0.1, 0.15) is 0 Å². The van der Waals surface area contributed by atoms with Gasteiger partial charge in [-0.05, 0) is 0 Å². The van der Waals surface area contributed by atoms with Crippen LogP contribution in [-0.2, 0) is 4.18 Å². The highest BCUT2D eigenvalue weighted by molar-refractivity contribution is 7.92. The fourth-order valence-corrected chi connectivity index (χ4v) is 2.18. The Bertz CT molecular complexity index is 201. The van der Waals surface area contributed by atoms with E-state index in [2.05, 4.69) is 4.31 Å². The second kappa shape index (κ2) is 3.12. The molecular weight excluding hydrogens is 180 g/mol. The summed E-state index contributed by atoms with van der Waals surface area (Å²) < 4.78 is 7.24. The third-order valence-electron chi connectivity index (χ3n) is 2.11. The minimum Gasteiger partial charge on any atom is -0.465 e. The molecule has 0 aromatic heterocycles. The molecule has 1 N–H and O–H groups in total. The zero-order valence-corrected chi connectivity index (χ0v) is 7.29. The highest BCUT2D eigenvalue weighted by Crippen LogP contribution is 2.27. The number of piperazine rings is 1. The van der Waals surface area contributed by atoms with E-state index in [-0.39, 0.29) is 6.04 Å². The van der Waals surface area contributed by atoms with Crippen LogP contribution in [0.25, 0.3) is 0 Å². The Balaban J connectivity index is 1.96. The number of carboxylic acid groups (broad SMARTS) is 1. The molecule has 68 valence electrons. The summed E-state index contributed by atoms with van der Waals surface area (Å²) in [5.41, 5.74) is 0. The number of hydrogen-bond acceptors (Lipinski definition) is 4. The largest absolute Gasteiger partial charge is 0.465 e. The number of rotatable bonds is 0. The lowest BCUT2D eigenvalue weighted by Crippen LogP contribution is -2.50. The van der Waals surface area contributed by atoms with Crippen LogP contribution in [0.4, 0.5) is 4.79 Å². The van der Waals surface area contributed by atoms with Crippen molar-refractivity contribution in [3.63, 3.8) is 0 Å². The van der Waals surface area contributed by atoms with Gasteiger partial charge in [0.25, 0.3) is 0 Å². The molecule has 1 unspecified atom stereocenters. The van der Waals surface area contributed by atoms with Crippen molar-refractivity contribution in [2.45, 2.75) is 6.04 Å². The third kappa shape index (κ3) is 1.37. The van der Waals surface area contributed by atoms with Gasteiger partial charge in [0, 0.05) is 19.6 Å². The third-order valence-corrected chi connectivity index (χ3v) is 3.02. The van der Waals surface area contributed by atoms with E-state index < -0.39 is 6.09 Å². The predicted molar refractivity (Wildman–Crippen MR) is 43.6 cm³/mol. The van der Waals surface area contributed by atoms with Crippen LogP contribution in [0.5, 0.6) is 0 Å². The normalized spacial score (nSPS) is 30.3. The Morgan fingerprint density at radius 1 is 1.58 bits per heavy atom. The number of nitrogens with zero attached hydrogens (tertiary/aromatic N) is 2. The molecule has 1 amide bonds. The quantitative estimate of drug-likeness (QED) is 0.438. The van der Waals surface area contributed by atoms with Gasteiger partial charge in [-0.2, -0.15) is 0 Å². The van der Waals surface area contributed by atoms with Crippen molar-refractivity contribution in [2.75, 3.05) is 26.2 Å². The van der Waals surface area contributed by atoms with Crippen molar-refractivity contribution in [2.24, 2.45) is 0 Å². The maximum absolute atomic E-state index is 10.6. The Hall–Kier alpha value is -0.460. The second-order valence-corrected chi connectivity index (χ2v) is 3.74. The molecule has 0 saturated carbocycles. The fourth-order valence-electron chi connectivity index (χ4n) is 1.42. The molecule has 1 atom stereocenters. The first-order valence-electron chi connectivity index (χ1n) is 3.81. The van der Waals surface area contributed by atoms with Gasteiger partial charge in [-0.3, -0.25) is 4.18 Å². The molecule has 2 saturated heterocycles. The Morgan fingerprint density at radius 2 is 2.42 bits per heavy atom. The highest BCUT2D eigenvalue weighted by atomic mass is 32.2. The van der Waals surface area contributed by atoms with Gasteiger partial charge in [0.2, 0.25) is 0 Å². The van der Waals surface area contributed by atoms with Gasteiger partial charge in [-0.15, -0.1) is 0 Å². The van der Waals surface area contributed by atoms with E-state index in [1.165, 1.54) is 17.1 Å². The molecule has 2 heterocycles. The Kier molecular flexibility index (Phi) is 2.12. The standard InChI is InChI=1S/C6H10N2O3S/c9-6(10)7-1-2-8-5(3-7)4-11-12-8/h5H,1-4H2,(H,9,10). The minimum absolute atomic E-state index is 0.250. The van der Waals surface area contributed by atoms with Crippen molar-refractivity contribution in [3.05, 3.63) is 0 Å². The van der Waals surface area contributed by atoms with E-state index >= 15 is 0 Å². The molecule has 0 aromatic carbocycles. The van der Waals surface area contributed by atoms with Gasteiger partial charge in [0.15, 0.2) is 0 Å². The molecule has 5 nitrogen and oxygen atoms in total. The van der Waals surface area contributed by atoms with E-state index in [9.17, 15) is 4.79 Å². The Labute approximate surface area is 74.6 Å². The lowest BCUT2D eigenvalue weighted by molar-refractivity contribution is 0.109. The predicted octanol–water partition coefficient (Wildman–Crippen LogP) is 0.244. The average molecular weight is 190 g/mol. The maximum atomic E-state index is 10.6. The molecule has 12 heavy (non-hydrogen) atoms. The van der Waals surface area contributed by atoms with Crippen LogP contribution in [0.3, 0.4) is 0 Å². The monoisotopic (exact) mass is 190 g/mol. The summed E-state index contributed by atoms with van der Waals surface area (Å²) in [5.74, 6) is 0. The molecule has 2 aliphatic heterocycles. The number of carbonyl (C=O) groups is 1. The smallest absolute Gasteiger partial charge is 0.407 e. The minimum atomic E-state index is -0.827. The first-order valence-corrected chi connectivity index (χ1v) is 4.51. The summed E-state index contributed by atoms with van der Waals surface area (Å²) in [6.07, 6.45) is -0.827. The molecule has 0 bridgehead atoms. The first kappa shape index (κ1) is 8.15. The van der Waals surface area contributed by atoms with Gasteiger partial charge >= 0.3 is 6.09 Å². The zero-order chi connectivity index (χ0) is 8.55. The summed E-state index contributed by atoms with van der Waals surface area (Å²) in [5, 5.41) is 8.72. The van der Waals surface area contributed by atoms with E-state index in [1.807, 2.05) is 0 Å². The maximum Gasteiger partial charge on any atom is 0.407 e.